The number of hydrogen-bond acceptors (Lipinski definition) is 3. The number of halogens is 3. The van der Waals surface area contributed by atoms with Gasteiger partial charge < -0.3 is 10.6 Å². The average molecular weight is 309 g/mol. The van der Waals surface area contributed by atoms with Crippen molar-refractivity contribution in [1.82, 2.24) is 9.97 Å². The minimum Gasteiger partial charge on any atom is -0.353 e. The second-order valence-corrected chi connectivity index (χ2v) is 5.46. The van der Waals surface area contributed by atoms with E-state index in [9.17, 15) is 13.2 Å². The first kappa shape index (κ1) is 14.8. The number of hydrogen-bond donors (Lipinski definition) is 1. The van der Waals surface area contributed by atoms with Crippen LogP contribution in [-0.2, 0) is 0 Å². The quantitative estimate of drug-likeness (QED) is 0.855. The molecule has 0 radical (unpaired) electrons. The van der Waals surface area contributed by atoms with Crippen molar-refractivity contribution in [2.24, 2.45) is 0 Å². The van der Waals surface area contributed by atoms with Gasteiger partial charge in [-0.25, -0.2) is 23.1 Å². The lowest BCUT2D eigenvalue weighted by atomic mass is 9.85. The van der Waals surface area contributed by atoms with Crippen molar-refractivity contribution in [3.8, 4) is 0 Å². The molecule has 1 aliphatic heterocycles. The van der Waals surface area contributed by atoms with E-state index in [1.807, 2.05) is 4.90 Å². The van der Waals surface area contributed by atoms with Crippen LogP contribution in [-0.4, -0.2) is 29.1 Å². The van der Waals surface area contributed by atoms with Crippen LogP contribution < -0.4 is 10.6 Å². The van der Waals surface area contributed by atoms with E-state index in [4.69, 9.17) is 0 Å². The lowest BCUT2D eigenvalue weighted by Crippen LogP contribution is -2.70. The highest BCUT2D eigenvalue weighted by atomic mass is 19.2. The highest BCUT2D eigenvalue weighted by Crippen LogP contribution is 2.31. The maximum absolute atomic E-state index is 13.9. The van der Waals surface area contributed by atoms with Gasteiger partial charge in [-0.2, -0.15) is 0 Å². The van der Waals surface area contributed by atoms with E-state index >= 15 is 0 Å². The highest BCUT2D eigenvalue weighted by molar-refractivity contribution is 5.38. The molecule has 3 N–H and O–H groups in total. The summed E-state index contributed by atoms with van der Waals surface area (Å²) in [4.78, 5) is 10.1. The molecule has 0 amide bonds. The predicted molar refractivity (Wildman–Crippen MR) is 74.6 cm³/mol. The summed E-state index contributed by atoms with van der Waals surface area (Å²) < 4.78 is 40.4. The maximum atomic E-state index is 13.9. The first-order valence-electron chi connectivity index (χ1n) is 7.04. The van der Waals surface area contributed by atoms with Crippen molar-refractivity contribution in [3.63, 3.8) is 0 Å². The SMILES string of the molecule is [NH3+][C@H]1CN(c2ccncn2)CC[C@@H]1c1cc(F)c(F)cc1F. The summed E-state index contributed by atoms with van der Waals surface area (Å²) in [5, 5.41) is 0. The van der Waals surface area contributed by atoms with Gasteiger partial charge in [0.05, 0.1) is 6.54 Å². The predicted octanol–water partition coefficient (Wildman–Crippen LogP) is 1.50. The summed E-state index contributed by atoms with van der Waals surface area (Å²) >= 11 is 0. The van der Waals surface area contributed by atoms with Gasteiger partial charge in [-0.15, -0.1) is 0 Å². The minimum absolute atomic E-state index is 0.150. The van der Waals surface area contributed by atoms with E-state index in [1.54, 1.807) is 12.3 Å². The van der Waals surface area contributed by atoms with Gasteiger partial charge in [0.2, 0.25) is 0 Å². The van der Waals surface area contributed by atoms with Gasteiger partial charge in [0, 0.05) is 30.3 Å². The van der Waals surface area contributed by atoms with E-state index in [2.05, 4.69) is 15.7 Å². The third-order valence-electron chi connectivity index (χ3n) is 4.06. The molecule has 2 aromatic rings. The molecule has 1 aliphatic rings. The van der Waals surface area contributed by atoms with Crippen LogP contribution >= 0.6 is 0 Å². The summed E-state index contributed by atoms with van der Waals surface area (Å²) in [5.74, 6) is -2.36. The standard InChI is InChI=1S/C15H15F3N4/c16-11-6-13(18)12(17)5-10(11)9-2-4-22(7-14(9)19)15-1-3-20-8-21-15/h1,3,5-6,8-9,14H,2,4,7,19H2/p+1/t9-,14+/m1/s1. The van der Waals surface area contributed by atoms with Crippen LogP contribution in [0.15, 0.2) is 30.7 Å². The van der Waals surface area contributed by atoms with Crippen molar-refractivity contribution in [3.05, 3.63) is 53.7 Å². The molecule has 22 heavy (non-hydrogen) atoms. The maximum Gasteiger partial charge on any atom is 0.161 e. The van der Waals surface area contributed by atoms with Crippen molar-refractivity contribution >= 4 is 5.82 Å². The first-order valence-corrected chi connectivity index (χ1v) is 7.04. The molecule has 0 unspecified atom stereocenters. The van der Waals surface area contributed by atoms with Gasteiger partial charge in [-0.1, -0.05) is 0 Å². The molecule has 4 nitrogen and oxygen atoms in total. The largest absolute Gasteiger partial charge is 0.353 e. The molecule has 2 heterocycles. The molecule has 1 aromatic heterocycles. The second-order valence-electron chi connectivity index (χ2n) is 5.46. The number of rotatable bonds is 2. The fourth-order valence-electron chi connectivity index (χ4n) is 2.94. The van der Waals surface area contributed by atoms with Crippen molar-refractivity contribution in [2.75, 3.05) is 18.0 Å². The number of quaternary nitrogens is 1. The summed E-state index contributed by atoms with van der Waals surface area (Å²) in [5.41, 5.74) is 4.25. The van der Waals surface area contributed by atoms with E-state index in [-0.39, 0.29) is 17.5 Å². The lowest BCUT2D eigenvalue weighted by Gasteiger charge is -2.35. The van der Waals surface area contributed by atoms with Gasteiger partial charge in [-0.3, -0.25) is 0 Å². The molecule has 0 spiro atoms. The fourth-order valence-corrected chi connectivity index (χ4v) is 2.94. The van der Waals surface area contributed by atoms with E-state index in [0.717, 1.165) is 11.9 Å². The Kier molecular flexibility index (Phi) is 3.98. The Morgan fingerprint density at radius 3 is 2.59 bits per heavy atom. The van der Waals surface area contributed by atoms with Crippen LogP contribution in [0.1, 0.15) is 17.9 Å². The van der Waals surface area contributed by atoms with Crippen LogP contribution in [0.4, 0.5) is 19.0 Å². The zero-order chi connectivity index (χ0) is 15.7. The molecule has 7 heteroatoms. The van der Waals surface area contributed by atoms with Crippen molar-refractivity contribution < 1.29 is 18.9 Å². The van der Waals surface area contributed by atoms with Crippen LogP contribution in [0, 0.1) is 17.5 Å². The third-order valence-corrected chi connectivity index (χ3v) is 4.06. The number of nitrogens with zero attached hydrogens (tertiary/aromatic N) is 3. The van der Waals surface area contributed by atoms with Crippen LogP contribution in [0.2, 0.25) is 0 Å². The molecular formula is C15H16F3N4+. The van der Waals surface area contributed by atoms with Crippen molar-refractivity contribution in [1.29, 1.82) is 0 Å². The molecular weight excluding hydrogens is 293 g/mol. The molecule has 0 bridgehead atoms. The van der Waals surface area contributed by atoms with Crippen LogP contribution in [0.25, 0.3) is 0 Å². The number of benzene rings is 1. The van der Waals surface area contributed by atoms with E-state index in [0.29, 0.717) is 25.6 Å². The molecule has 3 rings (SSSR count). The van der Waals surface area contributed by atoms with E-state index < -0.39 is 17.5 Å². The van der Waals surface area contributed by atoms with Gasteiger partial charge in [0.15, 0.2) is 11.6 Å². The topological polar surface area (TPSA) is 56.7 Å². The van der Waals surface area contributed by atoms with Crippen molar-refractivity contribution in [2.45, 2.75) is 18.4 Å². The Bertz CT molecular complexity index is 665. The van der Waals surface area contributed by atoms with Crippen LogP contribution in [0.3, 0.4) is 0 Å². The normalized spacial score (nSPS) is 21.9. The fraction of sp³-hybridized carbons (Fsp3) is 0.333. The molecule has 1 aromatic carbocycles. The summed E-state index contributed by atoms with van der Waals surface area (Å²) in [6.45, 7) is 1.21. The number of anilines is 1. The Balaban J connectivity index is 1.80. The molecule has 1 fully saturated rings. The summed E-state index contributed by atoms with van der Waals surface area (Å²) in [6, 6.07) is 3.20. The lowest BCUT2D eigenvalue weighted by molar-refractivity contribution is -0.424. The average Bonchev–Trinajstić information content (AvgIpc) is 2.52. The number of aromatic nitrogens is 2. The summed E-state index contributed by atoms with van der Waals surface area (Å²) in [7, 11) is 0. The van der Waals surface area contributed by atoms with Gasteiger partial charge in [-0.05, 0) is 18.6 Å². The van der Waals surface area contributed by atoms with E-state index in [1.165, 1.54) is 6.33 Å². The van der Waals surface area contributed by atoms with Gasteiger partial charge >= 0.3 is 0 Å². The number of piperidine rings is 1. The van der Waals surface area contributed by atoms with Crippen LogP contribution in [0.5, 0.6) is 0 Å². The second kappa shape index (κ2) is 5.92. The minimum atomic E-state index is -1.17. The molecule has 2 atom stereocenters. The molecule has 0 saturated carbocycles. The monoisotopic (exact) mass is 309 g/mol. The third kappa shape index (κ3) is 2.76. The first-order chi connectivity index (χ1) is 10.6. The smallest absolute Gasteiger partial charge is 0.161 e. The van der Waals surface area contributed by atoms with Gasteiger partial charge in [0.25, 0.3) is 0 Å². The Hall–Kier alpha value is -2.15. The molecule has 0 aliphatic carbocycles. The highest BCUT2D eigenvalue weighted by Gasteiger charge is 2.33. The zero-order valence-electron chi connectivity index (χ0n) is 11.8. The van der Waals surface area contributed by atoms with Gasteiger partial charge in [0.1, 0.15) is 24.0 Å². The zero-order valence-corrected chi connectivity index (χ0v) is 11.8. The molecule has 1 saturated heterocycles. The summed E-state index contributed by atoms with van der Waals surface area (Å²) in [6.07, 6.45) is 3.72. The Labute approximate surface area is 125 Å². The Morgan fingerprint density at radius 1 is 1.14 bits per heavy atom. The Morgan fingerprint density at radius 2 is 1.91 bits per heavy atom. The molecule has 116 valence electrons.